The van der Waals surface area contributed by atoms with E-state index in [9.17, 15) is 4.79 Å². The molecule has 0 saturated heterocycles. The monoisotopic (exact) mass is 286 g/mol. The maximum Gasteiger partial charge on any atom is 0.265 e. The maximum atomic E-state index is 12.1. The zero-order valence-electron chi connectivity index (χ0n) is 11.3. The van der Waals surface area contributed by atoms with E-state index in [0.29, 0.717) is 16.3 Å². The Kier molecular flexibility index (Phi) is 4.38. The quantitative estimate of drug-likeness (QED) is 0.935. The summed E-state index contributed by atoms with van der Waals surface area (Å²) in [6, 6.07) is 10.7. The fourth-order valence-corrected chi connectivity index (χ4v) is 2.56. The first-order chi connectivity index (χ1) is 9.60. The minimum atomic E-state index is -0.114. The van der Waals surface area contributed by atoms with Gasteiger partial charge in [0.25, 0.3) is 5.91 Å². The van der Waals surface area contributed by atoms with Gasteiger partial charge in [0, 0.05) is 10.6 Å². The number of carbonyl (C=O) groups excluding carboxylic acids is 1. The van der Waals surface area contributed by atoms with Gasteiger partial charge in [-0.2, -0.15) is 5.26 Å². The first-order valence-corrected chi connectivity index (χ1v) is 6.90. The van der Waals surface area contributed by atoms with Gasteiger partial charge in [-0.15, -0.1) is 11.3 Å². The Bertz CT molecular complexity index is 634. The van der Waals surface area contributed by atoms with Crippen LogP contribution in [0.2, 0.25) is 0 Å². The molecule has 1 amide bonds. The number of nitriles is 1. The zero-order chi connectivity index (χ0) is 14.5. The van der Waals surface area contributed by atoms with Gasteiger partial charge in [-0.05, 0) is 49.7 Å². The average molecular weight is 286 g/mol. The Hall–Kier alpha value is -2.32. The zero-order valence-corrected chi connectivity index (χ0v) is 12.1. The first-order valence-electron chi connectivity index (χ1n) is 6.08. The van der Waals surface area contributed by atoms with Crippen molar-refractivity contribution in [1.29, 1.82) is 5.26 Å². The minimum absolute atomic E-state index is 0.0133. The molecule has 20 heavy (non-hydrogen) atoms. The van der Waals surface area contributed by atoms with Gasteiger partial charge in [-0.3, -0.25) is 4.79 Å². The molecule has 0 spiro atoms. The van der Waals surface area contributed by atoms with Crippen molar-refractivity contribution in [1.82, 2.24) is 0 Å². The van der Waals surface area contributed by atoms with Crippen LogP contribution in [0.4, 0.5) is 5.69 Å². The Morgan fingerprint density at radius 2 is 2.05 bits per heavy atom. The Labute approximate surface area is 121 Å². The number of thiophene rings is 1. The van der Waals surface area contributed by atoms with Crippen molar-refractivity contribution < 1.29 is 9.53 Å². The summed E-state index contributed by atoms with van der Waals surface area (Å²) in [4.78, 5) is 13.9. The summed E-state index contributed by atoms with van der Waals surface area (Å²) in [5.41, 5.74) is 1.82. The molecule has 1 aromatic carbocycles. The standard InChI is InChI=1S/C15H14N2O2S/c1-10-9-14(20-11(10)2)15(18)17-12-3-5-13(6-4-12)19-8-7-16/h3-6,9H,8H2,1-2H3,(H,17,18). The molecule has 0 saturated carbocycles. The van der Waals surface area contributed by atoms with Crippen LogP contribution in [-0.2, 0) is 0 Å². The number of nitrogens with one attached hydrogen (secondary N) is 1. The molecular weight excluding hydrogens is 272 g/mol. The summed E-state index contributed by atoms with van der Waals surface area (Å²) < 4.78 is 5.15. The van der Waals surface area contributed by atoms with Crippen molar-refractivity contribution in [3.63, 3.8) is 0 Å². The molecule has 1 heterocycles. The average Bonchev–Trinajstić information content (AvgIpc) is 2.78. The van der Waals surface area contributed by atoms with Gasteiger partial charge in [0.2, 0.25) is 0 Å². The summed E-state index contributed by atoms with van der Waals surface area (Å²) >= 11 is 1.48. The second kappa shape index (κ2) is 6.22. The van der Waals surface area contributed by atoms with E-state index in [-0.39, 0.29) is 12.5 Å². The van der Waals surface area contributed by atoms with Crippen LogP contribution >= 0.6 is 11.3 Å². The second-order valence-corrected chi connectivity index (χ2v) is 5.53. The molecule has 1 N–H and O–H groups in total. The van der Waals surface area contributed by atoms with E-state index in [1.807, 2.05) is 26.0 Å². The Morgan fingerprint density at radius 1 is 1.35 bits per heavy atom. The number of ether oxygens (including phenoxy) is 1. The molecule has 5 heteroatoms. The molecule has 0 unspecified atom stereocenters. The highest BCUT2D eigenvalue weighted by molar-refractivity contribution is 7.14. The highest BCUT2D eigenvalue weighted by Crippen LogP contribution is 2.22. The normalized spacial score (nSPS) is 9.85. The molecule has 1 aromatic heterocycles. The number of nitrogens with zero attached hydrogens (tertiary/aromatic N) is 1. The number of benzene rings is 1. The smallest absolute Gasteiger partial charge is 0.265 e. The molecule has 0 aliphatic carbocycles. The van der Waals surface area contributed by atoms with Crippen molar-refractivity contribution in [3.05, 3.63) is 45.6 Å². The fourth-order valence-electron chi connectivity index (χ4n) is 1.63. The predicted molar refractivity (Wildman–Crippen MR) is 79.3 cm³/mol. The molecule has 4 nitrogen and oxygen atoms in total. The number of rotatable bonds is 4. The van der Waals surface area contributed by atoms with E-state index < -0.39 is 0 Å². The molecule has 2 rings (SSSR count). The summed E-state index contributed by atoms with van der Waals surface area (Å²) in [6.45, 7) is 4.00. The van der Waals surface area contributed by atoms with Crippen molar-refractivity contribution in [2.24, 2.45) is 0 Å². The van der Waals surface area contributed by atoms with Gasteiger partial charge in [-0.25, -0.2) is 0 Å². The number of anilines is 1. The lowest BCUT2D eigenvalue weighted by Gasteiger charge is -2.05. The van der Waals surface area contributed by atoms with Gasteiger partial charge in [-0.1, -0.05) is 0 Å². The molecule has 0 bridgehead atoms. The number of hydrogen-bond donors (Lipinski definition) is 1. The van der Waals surface area contributed by atoms with Crippen LogP contribution in [0.25, 0.3) is 0 Å². The molecule has 0 aliphatic heterocycles. The van der Waals surface area contributed by atoms with Gasteiger partial charge in [0.15, 0.2) is 6.61 Å². The van der Waals surface area contributed by atoms with Gasteiger partial charge < -0.3 is 10.1 Å². The SMILES string of the molecule is Cc1cc(C(=O)Nc2ccc(OCC#N)cc2)sc1C. The lowest BCUT2D eigenvalue weighted by atomic mass is 10.2. The third kappa shape index (κ3) is 3.37. The highest BCUT2D eigenvalue weighted by atomic mass is 32.1. The van der Waals surface area contributed by atoms with Crippen molar-refractivity contribution >= 4 is 22.9 Å². The van der Waals surface area contributed by atoms with Crippen LogP contribution < -0.4 is 10.1 Å². The third-order valence-electron chi connectivity index (χ3n) is 2.81. The number of carbonyl (C=O) groups is 1. The first kappa shape index (κ1) is 14.1. The number of aryl methyl sites for hydroxylation is 2. The number of amides is 1. The predicted octanol–water partition coefficient (Wildman–Crippen LogP) is 3.52. The van der Waals surface area contributed by atoms with Crippen LogP contribution in [0.1, 0.15) is 20.1 Å². The minimum Gasteiger partial charge on any atom is -0.479 e. The molecule has 0 radical (unpaired) electrons. The summed E-state index contributed by atoms with van der Waals surface area (Å²) in [5.74, 6) is 0.490. The summed E-state index contributed by atoms with van der Waals surface area (Å²) in [5, 5.41) is 11.3. The largest absolute Gasteiger partial charge is 0.479 e. The van der Waals surface area contributed by atoms with Crippen molar-refractivity contribution in [2.45, 2.75) is 13.8 Å². The second-order valence-electron chi connectivity index (χ2n) is 4.28. The lowest BCUT2D eigenvalue weighted by molar-refractivity contribution is 0.103. The topological polar surface area (TPSA) is 62.1 Å². The van der Waals surface area contributed by atoms with Crippen molar-refractivity contribution in [2.75, 3.05) is 11.9 Å². The van der Waals surface area contributed by atoms with Crippen LogP contribution in [-0.4, -0.2) is 12.5 Å². The van der Waals surface area contributed by atoms with Gasteiger partial charge in [0.05, 0.1) is 4.88 Å². The Morgan fingerprint density at radius 3 is 2.60 bits per heavy atom. The van der Waals surface area contributed by atoms with E-state index in [4.69, 9.17) is 10.00 Å². The van der Waals surface area contributed by atoms with Crippen LogP contribution in [0.3, 0.4) is 0 Å². The van der Waals surface area contributed by atoms with E-state index in [2.05, 4.69) is 5.32 Å². The maximum absolute atomic E-state index is 12.1. The summed E-state index contributed by atoms with van der Waals surface area (Å²) in [6.07, 6.45) is 0. The number of hydrogen-bond acceptors (Lipinski definition) is 4. The van der Waals surface area contributed by atoms with E-state index in [1.54, 1.807) is 24.3 Å². The van der Waals surface area contributed by atoms with E-state index in [0.717, 1.165) is 10.4 Å². The van der Waals surface area contributed by atoms with Gasteiger partial charge >= 0.3 is 0 Å². The molecule has 0 atom stereocenters. The lowest BCUT2D eigenvalue weighted by Crippen LogP contribution is -2.09. The highest BCUT2D eigenvalue weighted by Gasteiger charge is 2.10. The van der Waals surface area contributed by atoms with Gasteiger partial charge in [0.1, 0.15) is 11.8 Å². The molecule has 2 aromatic rings. The molecule has 0 aliphatic rings. The van der Waals surface area contributed by atoms with E-state index in [1.165, 1.54) is 11.3 Å². The Balaban J connectivity index is 2.03. The molecule has 0 fully saturated rings. The van der Waals surface area contributed by atoms with Crippen LogP contribution in [0.5, 0.6) is 5.75 Å². The van der Waals surface area contributed by atoms with E-state index >= 15 is 0 Å². The fraction of sp³-hybridized carbons (Fsp3) is 0.200. The van der Waals surface area contributed by atoms with Crippen LogP contribution in [0, 0.1) is 25.2 Å². The molecule has 102 valence electrons. The van der Waals surface area contributed by atoms with Crippen LogP contribution in [0.15, 0.2) is 30.3 Å². The van der Waals surface area contributed by atoms with Crippen molar-refractivity contribution in [3.8, 4) is 11.8 Å². The third-order valence-corrected chi connectivity index (χ3v) is 3.96. The summed E-state index contributed by atoms with van der Waals surface area (Å²) in [7, 11) is 0. The molecular formula is C15H14N2O2S.